The number of hydrogen-bond donors (Lipinski definition) is 2. The van der Waals surface area contributed by atoms with E-state index in [4.69, 9.17) is 23.7 Å². The van der Waals surface area contributed by atoms with Crippen LogP contribution in [0.3, 0.4) is 0 Å². The summed E-state index contributed by atoms with van der Waals surface area (Å²) in [7, 11) is 0. The molecule has 0 radical (unpaired) electrons. The first kappa shape index (κ1) is 37.2. The van der Waals surface area contributed by atoms with E-state index in [2.05, 4.69) is 6.92 Å². The molecule has 1 heterocycles. The van der Waals surface area contributed by atoms with Crippen molar-refractivity contribution in [2.24, 2.45) is 5.92 Å². The van der Waals surface area contributed by atoms with E-state index in [0.29, 0.717) is 12.8 Å². The van der Waals surface area contributed by atoms with E-state index in [9.17, 15) is 34.2 Å². The van der Waals surface area contributed by atoms with E-state index in [0.717, 1.165) is 32.6 Å². The van der Waals surface area contributed by atoms with Crippen LogP contribution in [0.1, 0.15) is 113 Å². The molecule has 12 heteroatoms. The molecule has 2 fully saturated rings. The Morgan fingerprint density at radius 1 is 0.935 bits per heavy atom. The molecular formula is C34H50O12. The minimum Gasteiger partial charge on any atom is -0.459 e. The van der Waals surface area contributed by atoms with Crippen molar-refractivity contribution in [3.05, 3.63) is 22.8 Å². The highest BCUT2D eigenvalue weighted by Gasteiger charge is 2.76. The summed E-state index contributed by atoms with van der Waals surface area (Å²) in [6.07, 6.45) is 0.272. The van der Waals surface area contributed by atoms with Crippen LogP contribution in [0.4, 0.5) is 0 Å². The van der Waals surface area contributed by atoms with Gasteiger partial charge in [0, 0.05) is 31.8 Å². The largest absolute Gasteiger partial charge is 0.459 e. The van der Waals surface area contributed by atoms with Crippen molar-refractivity contribution in [2.75, 3.05) is 0 Å². The predicted octanol–water partition coefficient (Wildman–Crippen LogP) is 3.93. The second-order valence-electron chi connectivity index (χ2n) is 13.1. The van der Waals surface area contributed by atoms with Crippen LogP contribution in [0.25, 0.3) is 0 Å². The number of esters is 5. The lowest BCUT2D eigenvalue weighted by atomic mass is 9.75. The smallest absolute Gasteiger partial charge is 0.341 e. The van der Waals surface area contributed by atoms with Crippen LogP contribution in [0.2, 0.25) is 0 Å². The molecule has 3 rings (SSSR count). The van der Waals surface area contributed by atoms with Crippen LogP contribution in [0.15, 0.2) is 22.8 Å². The van der Waals surface area contributed by atoms with Gasteiger partial charge in [-0.25, -0.2) is 9.59 Å². The summed E-state index contributed by atoms with van der Waals surface area (Å²) in [5, 5.41) is 23.9. The summed E-state index contributed by atoms with van der Waals surface area (Å²) in [4.78, 5) is 65.1. The van der Waals surface area contributed by atoms with Gasteiger partial charge in [-0.05, 0) is 58.6 Å². The number of fused-ring (bicyclic) bond motifs is 3. The maximum absolute atomic E-state index is 13.3. The van der Waals surface area contributed by atoms with E-state index in [1.165, 1.54) is 13.8 Å². The van der Waals surface area contributed by atoms with Crippen LogP contribution in [-0.2, 0) is 47.7 Å². The number of allylic oxidation sites excluding steroid dienone is 1. The van der Waals surface area contributed by atoms with Crippen molar-refractivity contribution < 1.29 is 57.9 Å². The average molecular weight is 651 g/mol. The van der Waals surface area contributed by atoms with Crippen molar-refractivity contribution >= 4 is 29.8 Å². The van der Waals surface area contributed by atoms with Crippen LogP contribution in [-0.4, -0.2) is 81.3 Å². The van der Waals surface area contributed by atoms with Crippen LogP contribution in [0.5, 0.6) is 0 Å². The van der Waals surface area contributed by atoms with Crippen LogP contribution in [0, 0.1) is 5.92 Å². The van der Waals surface area contributed by atoms with Gasteiger partial charge in [-0.15, -0.1) is 0 Å². The summed E-state index contributed by atoms with van der Waals surface area (Å²) >= 11 is 0. The van der Waals surface area contributed by atoms with Gasteiger partial charge < -0.3 is 33.9 Å². The Bertz CT molecular complexity index is 1260. The number of ether oxygens (including phenoxy) is 5. The second kappa shape index (κ2) is 14.7. The lowest BCUT2D eigenvalue weighted by molar-refractivity contribution is -0.212. The molecule has 2 aliphatic carbocycles. The van der Waals surface area contributed by atoms with Gasteiger partial charge in [-0.3, -0.25) is 14.4 Å². The average Bonchev–Trinajstić information content (AvgIpc) is 3.30. The Hall–Kier alpha value is -3.25. The Labute approximate surface area is 270 Å². The standard InChI is InChI=1S/C34H50O12/c1-9-12-13-14-15-17-24(37)43-28-26-25(20(5)27(28)44-30(38)19(4)11-3)29-34(41,33(8,40)31(39)45-29)22(42-23(36)16-10-2)18-32(26,7)46-21(6)35/h11,22,26-29,40-41H,9-10,12-18H2,1-8H3/b19-11-/t22-,26+,27+,28-,29+,32+,33-,34-/m0/s1. The third kappa shape index (κ3) is 7.02. The lowest BCUT2D eigenvalue weighted by Gasteiger charge is -2.41. The number of carbonyl (C=O) groups is 5. The Morgan fingerprint density at radius 2 is 1.57 bits per heavy atom. The fraction of sp³-hybridized carbons (Fsp3) is 0.735. The molecule has 0 amide bonds. The molecule has 0 spiro atoms. The topological polar surface area (TPSA) is 172 Å². The van der Waals surface area contributed by atoms with E-state index in [-0.39, 0.29) is 29.6 Å². The number of carbonyl (C=O) groups excluding carboxylic acids is 5. The molecule has 0 aromatic rings. The van der Waals surface area contributed by atoms with Gasteiger partial charge in [0.2, 0.25) is 0 Å². The molecule has 8 atom stereocenters. The quantitative estimate of drug-likeness (QED) is 0.0969. The molecule has 1 saturated carbocycles. The number of aliphatic hydroxyl groups is 2. The third-order valence-corrected chi connectivity index (χ3v) is 9.51. The van der Waals surface area contributed by atoms with Crippen molar-refractivity contribution in [1.82, 2.24) is 0 Å². The van der Waals surface area contributed by atoms with Gasteiger partial charge in [0.25, 0.3) is 0 Å². The summed E-state index contributed by atoms with van der Waals surface area (Å²) in [5.41, 5.74) is -6.12. The van der Waals surface area contributed by atoms with Crippen LogP contribution >= 0.6 is 0 Å². The maximum atomic E-state index is 13.3. The van der Waals surface area contributed by atoms with Crippen molar-refractivity contribution in [1.29, 1.82) is 0 Å². The summed E-state index contributed by atoms with van der Waals surface area (Å²) in [6.45, 7) is 12.4. The molecule has 0 aromatic carbocycles. The minimum absolute atomic E-state index is 0.0234. The minimum atomic E-state index is -2.57. The maximum Gasteiger partial charge on any atom is 0.341 e. The molecule has 0 aromatic heterocycles. The SMILES string of the molecule is C/C=C(/C)C(=O)O[C@@H]1C(C)=C2[C@H]3OC(=O)[C@](C)(O)[C@]3(O)[C@@H](OC(=O)CCC)C[C@@](C)(OC(C)=O)[C@H]2[C@@H]1OC(=O)CCCCCCC. The summed E-state index contributed by atoms with van der Waals surface area (Å²) in [5.74, 6) is -5.03. The van der Waals surface area contributed by atoms with Gasteiger partial charge in [-0.2, -0.15) is 0 Å². The molecule has 0 unspecified atom stereocenters. The second-order valence-corrected chi connectivity index (χ2v) is 13.1. The van der Waals surface area contributed by atoms with E-state index >= 15 is 0 Å². The zero-order chi connectivity index (χ0) is 34.6. The third-order valence-electron chi connectivity index (χ3n) is 9.51. The molecule has 2 N–H and O–H groups in total. The van der Waals surface area contributed by atoms with Crippen molar-refractivity contribution in [3.8, 4) is 0 Å². The van der Waals surface area contributed by atoms with Gasteiger partial charge in [0.05, 0.1) is 5.92 Å². The molecule has 258 valence electrons. The van der Waals surface area contributed by atoms with Gasteiger partial charge in [0.1, 0.15) is 11.7 Å². The van der Waals surface area contributed by atoms with E-state index in [1.807, 2.05) is 0 Å². The monoisotopic (exact) mass is 650 g/mol. The highest BCUT2D eigenvalue weighted by atomic mass is 16.6. The molecule has 46 heavy (non-hydrogen) atoms. The highest BCUT2D eigenvalue weighted by Crippen LogP contribution is 2.57. The molecule has 1 aliphatic heterocycles. The predicted molar refractivity (Wildman–Crippen MR) is 164 cm³/mol. The van der Waals surface area contributed by atoms with Crippen LogP contribution < -0.4 is 0 Å². The molecule has 3 aliphatic rings. The highest BCUT2D eigenvalue weighted by molar-refractivity contribution is 5.88. The van der Waals surface area contributed by atoms with Gasteiger partial charge >= 0.3 is 29.8 Å². The zero-order valence-electron chi connectivity index (χ0n) is 28.3. The van der Waals surface area contributed by atoms with Crippen molar-refractivity contribution in [2.45, 2.75) is 154 Å². The van der Waals surface area contributed by atoms with Gasteiger partial charge in [-0.1, -0.05) is 45.6 Å². The lowest BCUT2D eigenvalue weighted by Crippen LogP contribution is -2.64. The Balaban J connectivity index is 2.23. The summed E-state index contributed by atoms with van der Waals surface area (Å²) < 4.78 is 29.3. The molecular weight excluding hydrogens is 600 g/mol. The fourth-order valence-corrected chi connectivity index (χ4v) is 6.90. The Morgan fingerprint density at radius 3 is 2.15 bits per heavy atom. The normalized spacial score (nSPS) is 33.8. The number of unbranched alkanes of at least 4 members (excludes halogenated alkanes) is 4. The Kier molecular flexibility index (Phi) is 11.9. The first-order chi connectivity index (χ1) is 21.5. The summed E-state index contributed by atoms with van der Waals surface area (Å²) in [6, 6.07) is 0. The first-order valence-corrected chi connectivity index (χ1v) is 16.3. The van der Waals surface area contributed by atoms with E-state index in [1.54, 1.807) is 33.8 Å². The molecule has 12 nitrogen and oxygen atoms in total. The van der Waals surface area contributed by atoms with Gasteiger partial charge in [0.15, 0.2) is 29.5 Å². The molecule has 1 saturated heterocycles. The number of hydrogen-bond acceptors (Lipinski definition) is 12. The molecule has 0 bridgehead atoms. The first-order valence-electron chi connectivity index (χ1n) is 16.3. The number of rotatable bonds is 13. The van der Waals surface area contributed by atoms with Crippen molar-refractivity contribution in [3.63, 3.8) is 0 Å². The van der Waals surface area contributed by atoms with E-state index < -0.39 is 83.4 Å². The fourth-order valence-electron chi connectivity index (χ4n) is 6.90. The zero-order valence-corrected chi connectivity index (χ0v) is 28.3.